The predicted molar refractivity (Wildman–Crippen MR) is 68.6 cm³/mol. The minimum absolute atomic E-state index is 0.0305. The number of hydrogen-bond donors (Lipinski definition) is 2. The van der Waals surface area contributed by atoms with Gasteiger partial charge in [0.2, 0.25) is 5.91 Å². The lowest BCUT2D eigenvalue weighted by molar-refractivity contribution is -0.135. The van der Waals surface area contributed by atoms with Gasteiger partial charge in [-0.3, -0.25) is 4.79 Å². The molecule has 2 bridgehead atoms. The van der Waals surface area contributed by atoms with E-state index < -0.39 is 6.09 Å². The van der Waals surface area contributed by atoms with Crippen molar-refractivity contribution in [2.45, 2.75) is 43.8 Å². The van der Waals surface area contributed by atoms with Crippen molar-refractivity contribution >= 4 is 12.0 Å². The monoisotopic (exact) mass is 267 g/mol. The van der Waals surface area contributed by atoms with E-state index in [0.29, 0.717) is 18.6 Å². The molecule has 3 aliphatic rings. The summed E-state index contributed by atoms with van der Waals surface area (Å²) in [6.45, 7) is 1.35. The molecule has 4 atom stereocenters. The quantitative estimate of drug-likeness (QED) is 0.743. The van der Waals surface area contributed by atoms with Crippen LogP contribution in [0.4, 0.5) is 4.79 Å². The molecule has 0 radical (unpaired) electrons. The molecule has 0 aromatic carbocycles. The van der Waals surface area contributed by atoms with E-state index in [1.807, 2.05) is 4.90 Å². The number of alkyl carbamates (subject to hydrolysis) is 1. The second-order valence-corrected chi connectivity index (χ2v) is 5.80. The van der Waals surface area contributed by atoms with Crippen molar-refractivity contribution in [2.24, 2.45) is 5.92 Å². The number of ether oxygens (including phenoxy) is 1. The van der Waals surface area contributed by atoms with Crippen LogP contribution >= 0.6 is 0 Å². The highest BCUT2D eigenvalue weighted by atomic mass is 16.5. The topological polar surface area (TPSA) is 70.7 Å². The summed E-state index contributed by atoms with van der Waals surface area (Å²) in [6, 6.07) is 0.957. The summed E-state index contributed by atoms with van der Waals surface area (Å²) in [5.74, 6) is 0.407. The Bertz CT molecular complexity index is 387. The fraction of sp³-hybridized carbons (Fsp3) is 0.846. The highest BCUT2D eigenvalue weighted by molar-refractivity contribution is 5.80. The van der Waals surface area contributed by atoms with Gasteiger partial charge in [0.25, 0.3) is 0 Å². The largest absolute Gasteiger partial charge is 0.453 e. The molecule has 0 saturated carbocycles. The number of carbonyl (C=O) groups is 2. The van der Waals surface area contributed by atoms with Gasteiger partial charge in [-0.25, -0.2) is 4.79 Å². The lowest BCUT2D eigenvalue weighted by atomic mass is 9.88. The molecule has 3 saturated heterocycles. The Morgan fingerprint density at radius 2 is 2.16 bits per heavy atom. The van der Waals surface area contributed by atoms with Crippen LogP contribution in [0.1, 0.15) is 25.7 Å². The van der Waals surface area contributed by atoms with E-state index in [2.05, 4.69) is 15.4 Å². The number of carbonyl (C=O) groups excluding carboxylic acids is 2. The summed E-state index contributed by atoms with van der Waals surface area (Å²) in [5.41, 5.74) is 0. The average Bonchev–Trinajstić information content (AvgIpc) is 3.13. The molecule has 6 nitrogen and oxygen atoms in total. The Morgan fingerprint density at radius 3 is 2.79 bits per heavy atom. The zero-order chi connectivity index (χ0) is 13.4. The third-order valence-electron chi connectivity index (χ3n) is 4.62. The van der Waals surface area contributed by atoms with Gasteiger partial charge in [-0.1, -0.05) is 0 Å². The van der Waals surface area contributed by atoms with E-state index in [-0.39, 0.29) is 17.9 Å². The van der Waals surface area contributed by atoms with E-state index in [9.17, 15) is 9.59 Å². The van der Waals surface area contributed by atoms with Gasteiger partial charge >= 0.3 is 6.09 Å². The molecule has 2 amide bonds. The second kappa shape index (κ2) is 5.00. The molecule has 4 unspecified atom stereocenters. The highest BCUT2D eigenvalue weighted by Gasteiger charge is 2.45. The van der Waals surface area contributed by atoms with Gasteiger partial charge < -0.3 is 20.3 Å². The van der Waals surface area contributed by atoms with Crippen LogP contribution in [0.25, 0.3) is 0 Å². The van der Waals surface area contributed by atoms with Gasteiger partial charge in [-0.2, -0.15) is 0 Å². The molecule has 3 rings (SSSR count). The Labute approximate surface area is 112 Å². The van der Waals surface area contributed by atoms with E-state index in [1.54, 1.807) is 0 Å². The minimum Gasteiger partial charge on any atom is -0.453 e. The maximum Gasteiger partial charge on any atom is 0.407 e. The van der Waals surface area contributed by atoms with Gasteiger partial charge in [0.05, 0.1) is 19.1 Å². The van der Waals surface area contributed by atoms with Gasteiger partial charge in [-0.15, -0.1) is 0 Å². The van der Waals surface area contributed by atoms with Crippen molar-refractivity contribution in [1.29, 1.82) is 0 Å². The Balaban J connectivity index is 1.53. The van der Waals surface area contributed by atoms with Crippen LogP contribution in [0, 0.1) is 5.92 Å². The maximum atomic E-state index is 12.5. The number of nitrogens with zero attached hydrogens (tertiary/aromatic N) is 1. The third-order valence-corrected chi connectivity index (χ3v) is 4.62. The molecule has 106 valence electrons. The normalized spacial score (nSPS) is 36.6. The first-order valence-electron chi connectivity index (χ1n) is 7.06. The smallest absolute Gasteiger partial charge is 0.407 e. The molecule has 2 N–H and O–H groups in total. The van der Waals surface area contributed by atoms with Crippen molar-refractivity contribution in [3.63, 3.8) is 0 Å². The lowest BCUT2D eigenvalue weighted by Gasteiger charge is -2.25. The molecule has 0 spiro atoms. The average molecular weight is 267 g/mol. The lowest BCUT2D eigenvalue weighted by Crippen LogP contribution is -2.42. The molecular weight excluding hydrogens is 246 g/mol. The van der Waals surface area contributed by atoms with Gasteiger partial charge in [0.1, 0.15) is 0 Å². The second-order valence-electron chi connectivity index (χ2n) is 5.80. The Morgan fingerprint density at radius 1 is 1.32 bits per heavy atom. The van der Waals surface area contributed by atoms with Crippen LogP contribution in [0.2, 0.25) is 0 Å². The first-order chi connectivity index (χ1) is 9.17. The number of nitrogens with one attached hydrogen (secondary N) is 2. The van der Waals surface area contributed by atoms with Crippen LogP contribution in [0.3, 0.4) is 0 Å². The molecule has 3 heterocycles. The van der Waals surface area contributed by atoms with Crippen molar-refractivity contribution in [3.05, 3.63) is 0 Å². The first-order valence-corrected chi connectivity index (χ1v) is 7.06. The zero-order valence-electron chi connectivity index (χ0n) is 11.2. The summed E-state index contributed by atoms with van der Waals surface area (Å²) in [7, 11) is 1.36. The van der Waals surface area contributed by atoms with Crippen LogP contribution in [0.5, 0.6) is 0 Å². The first kappa shape index (κ1) is 12.7. The summed E-state index contributed by atoms with van der Waals surface area (Å²) in [6.07, 6.45) is 3.71. The zero-order valence-corrected chi connectivity index (χ0v) is 11.2. The van der Waals surface area contributed by atoms with Gasteiger partial charge in [0.15, 0.2) is 0 Å². The van der Waals surface area contributed by atoms with Crippen LogP contribution in [-0.4, -0.2) is 55.2 Å². The summed E-state index contributed by atoms with van der Waals surface area (Å²) >= 11 is 0. The van der Waals surface area contributed by atoms with Crippen molar-refractivity contribution in [1.82, 2.24) is 15.5 Å². The molecule has 0 aromatic heterocycles. The summed E-state index contributed by atoms with van der Waals surface area (Å²) < 4.78 is 4.58. The van der Waals surface area contributed by atoms with E-state index >= 15 is 0 Å². The molecule has 0 aromatic rings. The standard InChI is InChI=1S/C13H21N3O3/c1-19-13(18)15-9-4-5-16(7-9)12(17)10-6-8-2-3-11(10)14-8/h8-11,14H,2-7H2,1H3,(H,15,18). The van der Waals surface area contributed by atoms with Gasteiger partial charge in [0, 0.05) is 25.2 Å². The summed E-state index contributed by atoms with van der Waals surface area (Å²) in [4.78, 5) is 25.5. The SMILES string of the molecule is COC(=O)NC1CCN(C(=O)C2CC3CCC2N3)C1. The number of methoxy groups -OCH3 is 1. The fourth-order valence-electron chi connectivity index (χ4n) is 3.64. The van der Waals surface area contributed by atoms with Crippen molar-refractivity contribution in [3.8, 4) is 0 Å². The van der Waals surface area contributed by atoms with E-state index in [0.717, 1.165) is 25.8 Å². The maximum absolute atomic E-state index is 12.5. The van der Waals surface area contributed by atoms with Gasteiger partial charge in [-0.05, 0) is 25.7 Å². The number of rotatable bonds is 2. The predicted octanol–water partition coefficient (Wildman–Crippen LogP) is 0.0838. The molecular formula is C13H21N3O3. The number of fused-ring (bicyclic) bond motifs is 2. The number of amides is 2. The fourth-order valence-corrected chi connectivity index (χ4v) is 3.64. The van der Waals surface area contributed by atoms with Crippen LogP contribution in [0.15, 0.2) is 0 Å². The summed E-state index contributed by atoms with van der Waals surface area (Å²) in [5, 5.41) is 6.26. The van der Waals surface area contributed by atoms with E-state index in [1.165, 1.54) is 13.5 Å². The van der Waals surface area contributed by atoms with Crippen molar-refractivity contribution in [2.75, 3.05) is 20.2 Å². The molecule has 19 heavy (non-hydrogen) atoms. The minimum atomic E-state index is -0.416. The number of hydrogen-bond acceptors (Lipinski definition) is 4. The Kier molecular flexibility index (Phi) is 3.35. The van der Waals surface area contributed by atoms with E-state index in [4.69, 9.17) is 0 Å². The van der Waals surface area contributed by atoms with Crippen molar-refractivity contribution < 1.29 is 14.3 Å². The molecule has 0 aliphatic carbocycles. The molecule has 3 aliphatic heterocycles. The number of likely N-dealkylation sites (tertiary alicyclic amines) is 1. The highest BCUT2D eigenvalue weighted by Crippen LogP contribution is 2.34. The Hall–Kier alpha value is -1.30. The molecule has 3 fully saturated rings. The molecule has 6 heteroatoms. The van der Waals surface area contributed by atoms with Crippen LogP contribution < -0.4 is 10.6 Å². The third kappa shape index (κ3) is 2.41. The van der Waals surface area contributed by atoms with Crippen LogP contribution in [-0.2, 0) is 9.53 Å².